The molecule has 2 unspecified atom stereocenters. The number of rotatable bonds is 8. The maximum absolute atomic E-state index is 14.4. The molecule has 6 atom stereocenters. The van der Waals surface area contributed by atoms with Gasteiger partial charge in [0.1, 0.15) is 6.04 Å². The topological polar surface area (TPSA) is 87.2 Å². The normalized spacial score (nSPS) is 29.3. The molecule has 3 fully saturated rings. The molecule has 0 radical (unpaired) electrons. The third-order valence-electron chi connectivity index (χ3n) is 7.89. The lowest BCUT2D eigenvalue weighted by Gasteiger charge is -2.38. The molecule has 3 heterocycles. The van der Waals surface area contributed by atoms with E-state index >= 15 is 0 Å². The minimum absolute atomic E-state index is 0.0478. The van der Waals surface area contributed by atoms with Gasteiger partial charge in [-0.15, -0.1) is 18.3 Å². The highest BCUT2D eigenvalue weighted by molar-refractivity contribution is 8.02. The monoisotopic (exact) mass is 508 g/mol. The molecule has 5 rings (SSSR count). The number of anilines is 1. The van der Waals surface area contributed by atoms with Crippen LogP contribution in [0.25, 0.3) is 10.8 Å². The number of benzene rings is 2. The van der Waals surface area contributed by atoms with Crippen LogP contribution in [0.5, 0.6) is 0 Å². The number of likely N-dealkylation sites (tertiary alicyclic amines) is 1. The van der Waals surface area contributed by atoms with Crippen molar-refractivity contribution in [2.45, 2.75) is 48.8 Å². The minimum atomic E-state index is -0.794. The fraction of sp³-hybridized carbons (Fsp3) is 0.464. The van der Waals surface area contributed by atoms with Crippen molar-refractivity contribution in [3.63, 3.8) is 0 Å². The van der Waals surface area contributed by atoms with Crippen molar-refractivity contribution in [3.05, 3.63) is 55.1 Å². The molecular formula is C28H32N2O5S. The van der Waals surface area contributed by atoms with Crippen molar-refractivity contribution < 1.29 is 24.2 Å². The summed E-state index contributed by atoms with van der Waals surface area (Å²) in [5.74, 6) is -2.02. The number of nitrogens with zero attached hydrogens (tertiary/aromatic N) is 2. The maximum atomic E-state index is 14.4. The van der Waals surface area contributed by atoms with Gasteiger partial charge in [-0.2, -0.15) is 0 Å². The number of hydrogen-bond donors (Lipinski definition) is 1. The Morgan fingerprint density at radius 3 is 2.75 bits per heavy atom. The summed E-state index contributed by atoms with van der Waals surface area (Å²) in [7, 11) is 0. The smallest absolute Gasteiger partial charge is 0.310 e. The average Bonchev–Trinajstić information content (AvgIpc) is 3.53. The first-order valence-electron chi connectivity index (χ1n) is 12.6. The molecule has 2 amide bonds. The van der Waals surface area contributed by atoms with Gasteiger partial charge < -0.3 is 19.6 Å². The summed E-state index contributed by atoms with van der Waals surface area (Å²) in [6, 6.07) is 12.5. The fourth-order valence-corrected chi connectivity index (χ4v) is 8.57. The number of aliphatic hydroxyl groups is 1. The standard InChI is InChI=1S/C28H32N2O5S/c1-4-14-29(20-11-10-18-8-6-7-9-19(18)15-20)26(33)24-28-13-12-21(36-28)22(27(34)35-5-2)23(28)25(32)30(24)17(3)16-31/h4,6-11,15,17,21-24,31H,1,5,12-14,16H2,2-3H3/t17-,21+,22-,23+,24?,28?/m1/s1. The van der Waals surface area contributed by atoms with Gasteiger partial charge in [-0.05, 0) is 49.6 Å². The Labute approximate surface area is 215 Å². The van der Waals surface area contributed by atoms with Gasteiger partial charge in [0.2, 0.25) is 5.91 Å². The second-order valence-corrected chi connectivity index (χ2v) is 11.5. The molecule has 1 N–H and O–H groups in total. The molecule has 2 aromatic carbocycles. The van der Waals surface area contributed by atoms with Gasteiger partial charge in [0.15, 0.2) is 0 Å². The second kappa shape index (κ2) is 9.56. The Morgan fingerprint density at radius 1 is 1.31 bits per heavy atom. The lowest BCUT2D eigenvalue weighted by atomic mass is 9.71. The average molecular weight is 509 g/mol. The van der Waals surface area contributed by atoms with E-state index in [4.69, 9.17) is 4.74 Å². The molecule has 3 saturated heterocycles. The van der Waals surface area contributed by atoms with Crippen LogP contribution >= 0.6 is 11.8 Å². The summed E-state index contributed by atoms with van der Waals surface area (Å²) >= 11 is 1.60. The van der Waals surface area contributed by atoms with Gasteiger partial charge in [-0.25, -0.2) is 0 Å². The van der Waals surface area contributed by atoms with Crippen LogP contribution in [0.1, 0.15) is 26.7 Å². The molecule has 7 nitrogen and oxygen atoms in total. The van der Waals surface area contributed by atoms with E-state index in [1.165, 1.54) is 0 Å². The molecule has 2 aromatic rings. The molecule has 1 spiro atoms. The summed E-state index contributed by atoms with van der Waals surface area (Å²) in [4.78, 5) is 44.5. The summed E-state index contributed by atoms with van der Waals surface area (Å²) in [6.45, 7) is 7.63. The number of ether oxygens (including phenoxy) is 1. The van der Waals surface area contributed by atoms with Crippen LogP contribution in [0.4, 0.5) is 5.69 Å². The molecule has 0 aliphatic carbocycles. The third-order valence-corrected chi connectivity index (χ3v) is 9.84. The molecule has 190 valence electrons. The number of carbonyl (C=O) groups excluding carboxylic acids is 3. The zero-order valence-corrected chi connectivity index (χ0v) is 21.4. The van der Waals surface area contributed by atoms with E-state index in [0.29, 0.717) is 6.42 Å². The predicted octanol–water partition coefficient (Wildman–Crippen LogP) is 3.39. The number of esters is 1. The number of amides is 2. The van der Waals surface area contributed by atoms with Crippen molar-refractivity contribution in [1.82, 2.24) is 4.90 Å². The number of aliphatic hydroxyl groups excluding tert-OH is 1. The highest BCUT2D eigenvalue weighted by Gasteiger charge is 2.74. The van der Waals surface area contributed by atoms with Crippen LogP contribution in [0, 0.1) is 11.8 Å². The van der Waals surface area contributed by atoms with Gasteiger partial charge in [-0.3, -0.25) is 14.4 Å². The van der Waals surface area contributed by atoms with E-state index in [1.54, 1.807) is 41.5 Å². The third kappa shape index (κ3) is 3.65. The predicted molar refractivity (Wildman–Crippen MR) is 141 cm³/mol. The van der Waals surface area contributed by atoms with Crippen LogP contribution in [0.15, 0.2) is 55.1 Å². The molecule has 8 heteroatoms. The summed E-state index contributed by atoms with van der Waals surface area (Å²) in [5.41, 5.74) is 0.724. The van der Waals surface area contributed by atoms with Crippen LogP contribution in [0.2, 0.25) is 0 Å². The van der Waals surface area contributed by atoms with E-state index < -0.39 is 28.7 Å². The number of fused-ring (bicyclic) bond motifs is 2. The van der Waals surface area contributed by atoms with Crippen LogP contribution in [-0.4, -0.2) is 69.6 Å². The van der Waals surface area contributed by atoms with Crippen molar-refractivity contribution >= 4 is 46.0 Å². The molecule has 3 aliphatic heterocycles. The molecule has 2 bridgehead atoms. The van der Waals surface area contributed by atoms with Gasteiger partial charge in [0, 0.05) is 17.5 Å². The second-order valence-electron chi connectivity index (χ2n) is 9.85. The molecule has 36 heavy (non-hydrogen) atoms. The zero-order valence-electron chi connectivity index (χ0n) is 20.6. The first-order chi connectivity index (χ1) is 17.4. The quantitative estimate of drug-likeness (QED) is 0.435. The Kier molecular flexibility index (Phi) is 6.59. The lowest BCUT2D eigenvalue weighted by Crippen LogP contribution is -2.57. The molecular weight excluding hydrogens is 476 g/mol. The lowest BCUT2D eigenvalue weighted by molar-refractivity contribution is -0.154. The van der Waals surface area contributed by atoms with Gasteiger partial charge in [0.25, 0.3) is 5.91 Å². The van der Waals surface area contributed by atoms with Crippen molar-refractivity contribution in [2.24, 2.45) is 11.8 Å². The summed E-state index contributed by atoms with van der Waals surface area (Å²) < 4.78 is 4.64. The molecule has 0 aromatic heterocycles. The highest BCUT2D eigenvalue weighted by atomic mass is 32.2. The van der Waals surface area contributed by atoms with Gasteiger partial charge in [0.05, 0.1) is 35.8 Å². The number of carbonyl (C=O) groups is 3. The van der Waals surface area contributed by atoms with Crippen molar-refractivity contribution in [3.8, 4) is 0 Å². The van der Waals surface area contributed by atoms with E-state index in [-0.39, 0.29) is 42.8 Å². The van der Waals surface area contributed by atoms with Gasteiger partial charge >= 0.3 is 5.97 Å². The van der Waals surface area contributed by atoms with E-state index in [1.807, 2.05) is 42.5 Å². The van der Waals surface area contributed by atoms with Crippen molar-refractivity contribution in [2.75, 3.05) is 24.7 Å². The molecule has 3 aliphatic rings. The van der Waals surface area contributed by atoms with E-state index in [2.05, 4.69) is 6.58 Å². The largest absolute Gasteiger partial charge is 0.466 e. The fourth-order valence-electron chi connectivity index (χ4n) is 6.38. The Bertz CT molecular complexity index is 1220. The Balaban J connectivity index is 1.59. The van der Waals surface area contributed by atoms with Crippen molar-refractivity contribution in [1.29, 1.82) is 0 Å². The maximum Gasteiger partial charge on any atom is 0.310 e. The SMILES string of the molecule is C=CCN(C(=O)C1N([C@H](C)CO)C(=O)[C@@H]2[C@H](C(=O)OCC)[C@@H]3CCC12S3)c1ccc2ccccc2c1. The number of thioether (sulfide) groups is 1. The highest BCUT2D eigenvalue weighted by Crippen LogP contribution is 2.67. The Hall–Kier alpha value is -2.84. The van der Waals surface area contributed by atoms with Crippen LogP contribution in [-0.2, 0) is 19.1 Å². The molecule has 0 saturated carbocycles. The van der Waals surface area contributed by atoms with E-state index in [9.17, 15) is 19.5 Å². The first-order valence-corrected chi connectivity index (χ1v) is 13.4. The Morgan fingerprint density at radius 2 is 2.06 bits per heavy atom. The number of hydrogen-bond acceptors (Lipinski definition) is 6. The van der Waals surface area contributed by atoms with Crippen LogP contribution < -0.4 is 4.90 Å². The minimum Gasteiger partial charge on any atom is -0.466 e. The zero-order chi connectivity index (χ0) is 25.6. The van der Waals surface area contributed by atoms with E-state index in [0.717, 1.165) is 22.9 Å². The van der Waals surface area contributed by atoms with Gasteiger partial charge in [-0.1, -0.05) is 36.4 Å². The summed E-state index contributed by atoms with van der Waals surface area (Å²) in [6.07, 6.45) is 3.10. The van der Waals surface area contributed by atoms with Crippen LogP contribution in [0.3, 0.4) is 0 Å². The summed E-state index contributed by atoms with van der Waals surface area (Å²) in [5, 5.41) is 12.1. The first kappa shape index (κ1) is 24.8.